The minimum atomic E-state index is -0.0936. The third-order valence-electron chi connectivity index (χ3n) is 3.16. The molecule has 1 amide bonds. The van der Waals surface area contributed by atoms with Crippen LogP contribution in [-0.2, 0) is 0 Å². The van der Waals surface area contributed by atoms with E-state index in [2.05, 4.69) is 12.2 Å². The first-order valence-corrected chi connectivity index (χ1v) is 5.92. The number of nitrogens with one attached hydrogen (secondary N) is 1. The summed E-state index contributed by atoms with van der Waals surface area (Å²) in [5.74, 6) is -0.0418. The van der Waals surface area contributed by atoms with Gasteiger partial charge in [0, 0.05) is 25.2 Å². The van der Waals surface area contributed by atoms with Gasteiger partial charge in [-0.1, -0.05) is 12.1 Å². The SMILES string of the molecule is CC1CN(C(=O)c2ccccc2O)C(C)CN1. The van der Waals surface area contributed by atoms with Gasteiger partial charge in [-0.15, -0.1) is 0 Å². The summed E-state index contributed by atoms with van der Waals surface area (Å²) in [6, 6.07) is 7.14. The number of piperazine rings is 1. The third-order valence-corrected chi connectivity index (χ3v) is 3.16. The van der Waals surface area contributed by atoms with Crippen molar-refractivity contribution in [2.45, 2.75) is 25.9 Å². The Kier molecular flexibility index (Phi) is 3.33. The predicted molar refractivity (Wildman–Crippen MR) is 66.1 cm³/mol. The summed E-state index contributed by atoms with van der Waals surface area (Å²) < 4.78 is 0. The zero-order valence-corrected chi connectivity index (χ0v) is 10.2. The Morgan fingerprint density at radius 1 is 1.41 bits per heavy atom. The molecule has 0 aromatic heterocycles. The molecule has 1 aromatic carbocycles. The van der Waals surface area contributed by atoms with Gasteiger partial charge in [0.1, 0.15) is 5.75 Å². The molecule has 1 fully saturated rings. The average molecular weight is 234 g/mol. The third kappa shape index (κ3) is 2.42. The second-order valence-corrected chi connectivity index (χ2v) is 4.63. The number of aromatic hydroxyl groups is 1. The molecule has 1 aromatic rings. The fraction of sp³-hybridized carbons (Fsp3) is 0.462. The van der Waals surface area contributed by atoms with Crippen LogP contribution >= 0.6 is 0 Å². The lowest BCUT2D eigenvalue weighted by Crippen LogP contribution is -2.56. The standard InChI is InChI=1S/C13H18N2O2/c1-9-8-15(10(2)7-14-9)13(17)11-5-3-4-6-12(11)16/h3-6,9-10,14,16H,7-8H2,1-2H3. The molecule has 2 N–H and O–H groups in total. The summed E-state index contributed by atoms with van der Waals surface area (Å²) in [6.45, 7) is 5.53. The molecule has 1 aliphatic heterocycles. The van der Waals surface area contributed by atoms with E-state index in [0.29, 0.717) is 18.2 Å². The highest BCUT2D eigenvalue weighted by molar-refractivity contribution is 5.97. The largest absolute Gasteiger partial charge is 0.507 e. The molecular formula is C13H18N2O2. The Labute approximate surface area is 101 Å². The maximum absolute atomic E-state index is 12.3. The number of phenols is 1. The van der Waals surface area contributed by atoms with Crippen molar-refractivity contribution in [3.05, 3.63) is 29.8 Å². The van der Waals surface area contributed by atoms with Crippen molar-refractivity contribution in [3.63, 3.8) is 0 Å². The number of hydrogen-bond acceptors (Lipinski definition) is 3. The smallest absolute Gasteiger partial charge is 0.257 e. The summed E-state index contributed by atoms with van der Waals surface area (Å²) in [6.07, 6.45) is 0. The molecule has 1 saturated heterocycles. The van der Waals surface area contributed by atoms with Crippen molar-refractivity contribution in [3.8, 4) is 5.75 Å². The second kappa shape index (κ2) is 4.75. The molecule has 4 nitrogen and oxygen atoms in total. The zero-order valence-electron chi connectivity index (χ0n) is 10.2. The molecule has 1 aliphatic rings. The molecule has 17 heavy (non-hydrogen) atoms. The normalized spacial score (nSPS) is 24.7. The van der Waals surface area contributed by atoms with Gasteiger partial charge in [-0.3, -0.25) is 4.79 Å². The van der Waals surface area contributed by atoms with E-state index in [9.17, 15) is 9.90 Å². The minimum absolute atomic E-state index is 0.0517. The molecule has 0 spiro atoms. The number of nitrogens with zero attached hydrogens (tertiary/aromatic N) is 1. The number of amides is 1. The maximum atomic E-state index is 12.3. The van der Waals surface area contributed by atoms with Gasteiger partial charge in [-0.05, 0) is 26.0 Å². The van der Waals surface area contributed by atoms with Crippen LogP contribution in [0.25, 0.3) is 0 Å². The first-order valence-electron chi connectivity index (χ1n) is 5.92. The number of hydrogen-bond donors (Lipinski definition) is 2. The predicted octanol–water partition coefficient (Wildman–Crippen LogP) is 1.21. The van der Waals surface area contributed by atoms with Crippen molar-refractivity contribution in [1.29, 1.82) is 0 Å². The monoisotopic (exact) mass is 234 g/mol. The van der Waals surface area contributed by atoms with Crippen LogP contribution in [0.1, 0.15) is 24.2 Å². The zero-order chi connectivity index (χ0) is 12.4. The van der Waals surface area contributed by atoms with Gasteiger partial charge in [-0.25, -0.2) is 0 Å². The molecule has 92 valence electrons. The van der Waals surface area contributed by atoms with Crippen LogP contribution in [-0.4, -0.2) is 41.1 Å². The Morgan fingerprint density at radius 2 is 2.12 bits per heavy atom. The molecule has 2 rings (SSSR count). The fourth-order valence-electron chi connectivity index (χ4n) is 2.11. The molecule has 0 aliphatic carbocycles. The molecular weight excluding hydrogens is 216 g/mol. The van der Waals surface area contributed by atoms with Gasteiger partial charge in [0.2, 0.25) is 0 Å². The van der Waals surface area contributed by atoms with E-state index in [1.165, 1.54) is 0 Å². The molecule has 0 saturated carbocycles. The maximum Gasteiger partial charge on any atom is 0.257 e. The first-order chi connectivity index (χ1) is 8.09. The summed E-state index contributed by atoms with van der Waals surface area (Å²) >= 11 is 0. The number of benzene rings is 1. The molecule has 1 heterocycles. The lowest BCUT2D eigenvalue weighted by Gasteiger charge is -2.37. The van der Waals surface area contributed by atoms with E-state index in [4.69, 9.17) is 0 Å². The fourth-order valence-corrected chi connectivity index (χ4v) is 2.11. The van der Waals surface area contributed by atoms with Gasteiger partial charge < -0.3 is 15.3 Å². The molecule has 2 unspecified atom stereocenters. The van der Waals surface area contributed by atoms with Crippen LogP contribution in [0.5, 0.6) is 5.75 Å². The molecule has 0 radical (unpaired) electrons. The Balaban J connectivity index is 2.22. The van der Waals surface area contributed by atoms with Gasteiger partial charge in [0.05, 0.1) is 5.56 Å². The Hall–Kier alpha value is -1.55. The van der Waals surface area contributed by atoms with E-state index in [0.717, 1.165) is 6.54 Å². The summed E-state index contributed by atoms with van der Waals surface area (Å²) in [5, 5.41) is 13.0. The summed E-state index contributed by atoms with van der Waals surface area (Å²) in [5.41, 5.74) is 0.383. The minimum Gasteiger partial charge on any atom is -0.507 e. The Morgan fingerprint density at radius 3 is 2.82 bits per heavy atom. The van der Waals surface area contributed by atoms with E-state index in [-0.39, 0.29) is 17.7 Å². The molecule has 0 bridgehead atoms. The van der Waals surface area contributed by atoms with Crippen LogP contribution < -0.4 is 5.32 Å². The van der Waals surface area contributed by atoms with E-state index < -0.39 is 0 Å². The summed E-state index contributed by atoms with van der Waals surface area (Å²) in [7, 11) is 0. The van der Waals surface area contributed by atoms with Crippen molar-refractivity contribution in [2.75, 3.05) is 13.1 Å². The quantitative estimate of drug-likeness (QED) is 0.768. The van der Waals surface area contributed by atoms with Crippen molar-refractivity contribution < 1.29 is 9.90 Å². The number of carbonyl (C=O) groups excluding carboxylic acids is 1. The molecule has 2 atom stereocenters. The summed E-state index contributed by atoms with van der Waals surface area (Å²) in [4.78, 5) is 14.1. The topological polar surface area (TPSA) is 52.6 Å². The first kappa shape index (κ1) is 11.9. The van der Waals surface area contributed by atoms with Crippen LogP contribution in [0.2, 0.25) is 0 Å². The van der Waals surface area contributed by atoms with Gasteiger partial charge in [0.15, 0.2) is 0 Å². The van der Waals surface area contributed by atoms with E-state index in [1.807, 2.05) is 11.8 Å². The lowest BCUT2D eigenvalue weighted by atomic mass is 10.1. The van der Waals surface area contributed by atoms with E-state index in [1.54, 1.807) is 24.3 Å². The molecule has 4 heteroatoms. The van der Waals surface area contributed by atoms with Crippen molar-refractivity contribution in [1.82, 2.24) is 10.2 Å². The Bertz CT molecular complexity index is 420. The van der Waals surface area contributed by atoms with Crippen LogP contribution in [0.15, 0.2) is 24.3 Å². The van der Waals surface area contributed by atoms with Crippen molar-refractivity contribution >= 4 is 5.91 Å². The van der Waals surface area contributed by atoms with Crippen LogP contribution in [0.4, 0.5) is 0 Å². The lowest BCUT2D eigenvalue weighted by molar-refractivity contribution is 0.0613. The van der Waals surface area contributed by atoms with Crippen LogP contribution in [0, 0.1) is 0 Å². The van der Waals surface area contributed by atoms with Gasteiger partial charge in [0.25, 0.3) is 5.91 Å². The number of phenolic OH excluding ortho intramolecular Hbond substituents is 1. The average Bonchev–Trinajstić information content (AvgIpc) is 2.32. The number of rotatable bonds is 1. The highest BCUT2D eigenvalue weighted by Crippen LogP contribution is 2.20. The second-order valence-electron chi connectivity index (χ2n) is 4.63. The number of carbonyl (C=O) groups is 1. The van der Waals surface area contributed by atoms with Crippen LogP contribution in [0.3, 0.4) is 0 Å². The van der Waals surface area contributed by atoms with Crippen molar-refractivity contribution in [2.24, 2.45) is 0 Å². The highest BCUT2D eigenvalue weighted by Gasteiger charge is 2.28. The van der Waals surface area contributed by atoms with Gasteiger partial charge in [-0.2, -0.15) is 0 Å². The van der Waals surface area contributed by atoms with Gasteiger partial charge >= 0.3 is 0 Å². The highest BCUT2D eigenvalue weighted by atomic mass is 16.3. The van der Waals surface area contributed by atoms with E-state index >= 15 is 0 Å². The number of para-hydroxylation sites is 1.